The lowest BCUT2D eigenvalue weighted by molar-refractivity contribution is 0.429. The van der Waals surface area contributed by atoms with Crippen molar-refractivity contribution in [3.63, 3.8) is 0 Å². The molecule has 3 heteroatoms. The van der Waals surface area contributed by atoms with Crippen LogP contribution in [0.4, 0.5) is 0 Å². The number of nitrogens with one attached hydrogen (secondary N) is 1. The molecular formula is C9H17N3. The fraction of sp³-hybridized carbons (Fsp3) is 0.556. The number of rotatable bonds is 3. The van der Waals surface area contributed by atoms with E-state index in [-0.39, 0.29) is 11.6 Å². The normalized spacial score (nSPS) is 14.7. The lowest BCUT2D eigenvalue weighted by Gasteiger charge is -2.22. The van der Waals surface area contributed by atoms with Crippen LogP contribution in [0, 0.1) is 0 Å². The maximum absolute atomic E-state index is 5.93. The summed E-state index contributed by atoms with van der Waals surface area (Å²) in [6.45, 7) is 3.97. The molecule has 1 aromatic heterocycles. The summed E-state index contributed by atoms with van der Waals surface area (Å²) in [5.74, 6) is 0. The number of H-pyrrole nitrogens is 1. The lowest BCUT2D eigenvalue weighted by atomic mass is 9.94. The average Bonchev–Trinajstić information content (AvgIpc) is 2.32. The van der Waals surface area contributed by atoms with Gasteiger partial charge in [-0.1, -0.05) is 0 Å². The first-order chi connectivity index (χ1) is 5.49. The van der Waals surface area contributed by atoms with Crippen LogP contribution in [0.1, 0.15) is 31.9 Å². The fourth-order valence-electron chi connectivity index (χ4n) is 1.25. The standard InChI is InChI=1S/C9H17N3/c1-9(2,11)5-8(10)7-3-4-12-6-7/h3-4,6,8,12H,5,10-11H2,1-2H3. The van der Waals surface area contributed by atoms with E-state index in [1.54, 1.807) is 0 Å². The van der Waals surface area contributed by atoms with Gasteiger partial charge in [0.15, 0.2) is 0 Å². The minimum atomic E-state index is -0.198. The molecule has 1 unspecified atom stereocenters. The van der Waals surface area contributed by atoms with Gasteiger partial charge in [-0.05, 0) is 31.9 Å². The van der Waals surface area contributed by atoms with E-state index in [4.69, 9.17) is 11.5 Å². The summed E-state index contributed by atoms with van der Waals surface area (Å²) in [5.41, 5.74) is 12.7. The summed E-state index contributed by atoms with van der Waals surface area (Å²) < 4.78 is 0. The van der Waals surface area contributed by atoms with E-state index in [0.717, 1.165) is 12.0 Å². The van der Waals surface area contributed by atoms with Crippen molar-refractivity contribution in [1.82, 2.24) is 4.98 Å². The summed E-state index contributed by atoms with van der Waals surface area (Å²) in [6.07, 6.45) is 4.58. The number of hydrogen-bond donors (Lipinski definition) is 3. The molecular weight excluding hydrogens is 150 g/mol. The second-order valence-corrected chi connectivity index (χ2v) is 3.94. The second-order valence-electron chi connectivity index (χ2n) is 3.94. The molecule has 12 heavy (non-hydrogen) atoms. The molecule has 0 saturated carbocycles. The Morgan fingerprint density at radius 2 is 2.25 bits per heavy atom. The lowest BCUT2D eigenvalue weighted by Crippen LogP contribution is -2.35. The summed E-state index contributed by atoms with van der Waals surface area (Å²) in [4.78, 5) is 2.98. The van der Waals surface area contributed by atoms with Crippen LogP contribution in [0.5, 0.6) is 0 Å². The Bertz CT molecular complexity index is 220. The molecule has 0 bridgehead atoms. The Kier molecular flexibility index (Phi) is 2.55. The molecule has 0 spiro atoms. The molecule has 0 saturated heterocycles. The SMILES string of the molecule is CC(C)(N)CC(N)c1cc[nH]c1. The van der Waals surface area contributed by atoms with Gasteiger partial charge in [0.05, 0.1) is 0 Å². The van der Waals surface area contributed by atoms with Gasteiger partial charge in [0.1, 0.15) is 0 Å². The number of aromatic nitrogens is 1. The number of aromatic amines is 1. The van der Waals surface area contributed by atoms with Crippen molar-refractivity contribution in [1.29, 1.82) is 0 Å². The van der Waals surface area contributed by atoms with Crippen LogP contribution in [-0.4, -0.2) is 10.5 Å². The Labute approximate surface area is 73.1 Å². The first-order valence-corrected chi connectivity index (χ1v) is 4.16. The number of hydrogen-bond acceptors (Lipinski definition) is 2. The monoisotopic (exact) mass is 167 g/mol. The van der Waals surface area contributed by atoms with Gasteiger partial charge >= 0.3 is 0 Å². The van der Waals surface area contributed by atoms with Gasteiger partial charge in [-0.3, -0.25) is 0 Å². The molecule has 0 aromatic carbocycles. The first-order valence-electron chi connectivity index (χ1n) is 4.16. The smallest absolute Gasteiger partial charge is 0.0327 e. The van der Waals surface area contributed by atoms with Crippen LogP contribution in [-0.2, 0) is 0 Å². The molecule has 0 fully saturated rings. The maximum Gasteiger partial charge on any atom is 0.0327 e. The minimum Gasteiger partial charge on any atom is -0.367 e. The Morgan fingerprint density at radius 3 is 2.67 bits per heavy atom. The van der Waals surface area contributed by atoms with Crippen molar-refractivity contribution in [2.24, 2.45) is 11.5 Å². The van der Waals surface area contributed by atoms with Crippen molar-refractivity contribution in [3.05, 3.63) is 24.0 Å². The summed E-state index contributed by atoms with van der Waals surface area (Å²) in [6, 6.07) is 2.02. The maximum atomic E-state index is 5.93. The van der Waals surface area contributed by atoms with Crippen LogP contribution in [0.25, 0.3) is 0 Å². The van der Waals surface area contributed by atoms with Gasteiger partial charge in [-0.2, -0.15) is 0 Å². The van der Waals surface area contributed by atoms with Crippen LogP contribution in [0.15, 0.2) is 18.5 Å². The van der Waals surface area contributed by atoms with Crippen molar-refractivity contribution in [3.8, 4) is 0 Å². The van der Waals surface area contributed by atoms with Crippen molar-refractivity contribution < 1.29 is 0 Å². The molecule has 68 valence electrons. The highest BCUT2D eigenvalue weighted by atomic mass is 14.8. The molecule has 1 rings (SSSR count). The third-order valence-corrected chi connectivity index (χ3v) is 1.80. The van der Waals surface area contributed by atoms with Crippen molar-refractivity contribution >= 4 is 0 Å². The van der Waals surface area contributed by atoms with Crippen LogP contribution >= 0.6 is 0 Å². The molecule has 5 N–H and O–H groups in total. The van der Waals surface area contributed by atoms with Gasteiger partial charge in [0.25, 0.3) is 0 Å². The predicted molar refractivity (Wildman–Crippen MR) is 50.6 cm³/mol. The second kappa shape index (κ2) is 3.29. The highest BCUT2D eigenvalue weighted by molar-refractivity contribution is 5.13. The van der Waals surface area contributed by atoms with Crippen molar-refractivity contribution in [2.75, 3.05) is 0 Å². The molecule has 1 heterocycles. The zero-order valence-electron chi connectivity index (χ0n) is 7.67. The van der Waals surface area contributed by atoms with E-state index < -0.39 is 0 Å². The van der Waals surface area contributed by atoms with E-state index >= 15 is 0 Å². The van der Waals surface area contributed by atoms with E-state index in [2.05, 4.69) is 4.98 Å². The minimum absolute atomic E-state index is 0.0382. The fourth-order valence-corrected chi connectivity index (χ4v) is 1.25. The molecule has 0 aliphatic carbocycles. The largest absolute Gasteiger partial charge is 0.367 e. The topological polar surface area (TPSA) is 67.8 Å². The molecule has 0 amide bonds. The molecule has 0 radical (unpaired) electrons. The highest BCUT2D eigenvalue weighted by Gasteiger charge is 2.17. The third-order valence-electron chi connectivity index (χ3n) is 1.80. The van der Waals surface area contributed by atoms with Gasteiger partial charge < -0.3 is 16.5 Å². The van der Waals surface area contributed by atoms with Crippen molar-refractivity contribution in [2.45, 2.75) is 31.8 Å². The van der Waals surface area contributed by atoms with Gasteiger partial charge in [0, 0.05) is 24.0 Å². The Balaban J connectivity index is 2.56. The molecule has 1 atom stereocenters. The zero-order valence-corrected chi connectivity index (χ0v) is 7.67. The molecule has 3 nitrogen and oxygen atoms in total. The quantitative estimate of drug-likeness (QED) is 0.632. The van der Waals surface area contributed by atoms with E-state index in [1.807, 2.05) is 32.3 Å². The van der Waals surface area contributed by atoms with E-state index in [0.29, 0.717) is 0 Å². The third kappa shape index (κ3) is 2.68. The molecule has 0 aliphatic rings. The predicted octanol–water partition coefficient (Wildman–Crippen LogP) is 1.14. The first kappa shape index (κ1) is 9.29. The number of nitrogens with two attached hydrogens (primary N) is 2. The van der Waals surface area contributed by atoms with Gasteiger partial charge in [-0.25, -0.2) is 0 Å². The van der Waals surface area contributed by atoms with Gasteiger partial charge in [-0.15, -0.1) is 0 Å². The van der Waals surface area contributed by atoms with E-state index in [9.17, 15) is 0 Å². The molecule has 1 aromatic rings. The Morgan fingerprint density at radius 1 is 1.58 bits per heavy atom. The Hall–Kier alpha value is -0.800. The average molecular weight is 167 g/mol. The molecule has 0 aliphatic heterocycles. The van der Waals surface area contributed by atoms with Crippen LogP contribution in [0.2, 0.25) is 0 Å². The summed E-state index contributed by atoms with van der Waals surface area (Å²) in [7, 11) is 0. The summed E-state index contributed by atoms with van der Waals surface area (Å²) in [5, 5.41) is 0. The van der Waals surface area contributed by atoms with E-state index in [1.165, 1.54) is 0 Å². The zero-order chi connectivity index (χ0) is 9.19. The van der Waals surface area contributed by atoms with Crippen LogP contribution < -0.4 is 11.5 Å². The van der Waals surface area contributed by atoms with Crippen LogP contribution in [0.3, 0.4) is 0 Å². The highest BCUT2D eigenvalue weighted by Crippen LogP contribution is 2.18. The van der Waals surface area contributed by atoms with Gasteiger partial charge in [0.2, 0.25) is 0 Å². The summed E-state index contributed by atoms with van der Waals surface area (Å²) >= 11 is 0.